The van der Waals surface area contributed by atoms with E-state index in [0.717, 1.165) is 16.7 Å². The summed E-state index contributed by atoms with van der Waals surface area (Å²) in [6.07, 6.45) is -3.71. The van der Waals surface area contributed by atoms with Gasteiger partial charge in [-0.25, -0.2) is 24.9 Å². The van der Waals surface area contributed by atoms with Crippen LogP contribution >= 0.6 is 24.4 Å². The molecule has 5 saturated heterocycles. The Morgan fingerprint density at radius 2 is 0.678 bits per heavy atom. The number of imidazole rings is 5. The third-order valence-corrected chi connectivity index (χ3v) is 23.6. The van der Waals surface area contributed by atoms with Crippen LogP contribution in [0.2, 0.25) is 0 Å². The number of rotatable bonds is 25. The Hall–Kier alpha value is -13.1. The van der Waals surface area contributed by atoms with Gasteiger partial charge in [0, 0.05) is 116 Å². The predicted molar refractivity (Wildman–Crippen MR) is 532 cm³/mol. The zero-order valence-electron chi connectivity index (χ0n) is 85.9. The van der Waals surface area contributed by atoms with E-state index < -0.39 is 163 Å². The molecule has 0 amide bonds. The second-order valence-corrected chi connectivity index (χ2v) is 34.3. The summed E-state index contributed by atoms with van der Waals surface area (Å²) in [7, 11) is 10.7. The molecule has 5 fully saturated rings. The second kappa shape index (κ2) is 56.0. The van der Waals surface area contributed by atoms with Gasteiger partial charge in [0.15, 0.2) is 111 Å². The number of aryl methyl sites for hydroxylation is 2. The fourth-order valence-electron chi connectivity index (χ4n) is 16.0. The fraction of sp³-hybridized carbons (Fsp3) is 0.506. The number of hydrogen-bond acceptors (Lipinski definition) is 47. The number of aliphatic hydroxyl groups is 3. The number of nitrogen functional groups attached to an aromatic ring is 2. The molecule has 2 aromatic carbocycles. The van der Waals surface area contributed by atoms with Crippen LogP contribution in [0.25, 0.3) is 55.8 Å². The Balaban J connectivity index is 0.000000242. The zero-order chi connectivity index (χ0) is 108. The molecule has 17 rings (SSSR count). The predicted octanol–water partition coefficient (Wildman–Crippen LogP) is -0.613. The van der Waals surface area contributed by atoms with E-state index in [1.807, 2.05) is 76.2 Å². The number of fused-ring (bicyclic) bond motifs is 5. The fourth-order valence-corrected chi connectivity index (χ4v) is 16.9. The van der Waals surface area contributed by atoms with Crippen molar-refractivity contribution >= 4 is 160 Å². The number of nitrogens with one attached hydrogen (secondary N) is 8. The average Bonchev–Trinajstić information content (AvgIpc) is 1.63. The molecule has 149 heavy (non-hydrogen) atoms. The number of carbonyl (C=O) groups excluding carboxylic acids is 6. The van der Waals surface area contributed by atoms with Crippen molar-refractivity contribution < 1.29 is 156 Å². The number of nitrogens with two attached hydrogens (primary N) is 2. The van der Waals surface area contributed by atoms with Gasteiger partial charge in [-0.05, 0) is 57.4 Å². The first-order valence-electron chi connectivity index (χ1n) is 45.4. The van der Waals surface area contributed by atoms with E-state index in [9.17, 15) is 68.1 Å². The van der Waals surface area contributed by atoms with Gasteiger partial charge in [-0.3, -0.25) is 105 Å². The molecule has 0 saturated carbocycles. The van der Waals surface area contributed by atoms with Gasteiger partial charge in [-0.1, -0.05) is 56.2 Å². The van der Waals surface area contributed by atoms with E-state index in [2.05, 4.69) is 115 Å². The van der Waals surface area contributed by atoms with Crippen LogP contribution in [-0.2, 0) is 105 Å². The SMILES string of the molecule is CC(=O)O.CC(=O)OC(C)=O.CC[C@H]1O[C@@H](n2cnc3c(=O)[nH]c(N)nc32)[C@@H](OC)C1OC(C)=O.CC[C@H]1O[C@@H](n2cnc3c(=O)[nH]c(NC)nc32)[C@@H](OC)C1OC(C)=O.CC[C@H]1O[C@@H](n2cnc3c(=O)[nH]c(NCSc4ccc(C)cc4)nc32)[C@@H](OC)C1OC(C)=O.CNc1nc2c(ncn2[C@@H]2O[C@H](CO)C(OC(C)=O)[C@@H]2OC)c(=O)[nH]1.CO[C@H]1C(O)[C@@H](CO)O[C@H]1n1cnc2c(=O)[nH]c(N)nc21.Cc1ccc(S)cc1.[B].[H-].[Na+]. The van der Waals surface area contributed by atoms with E-state index in [0.29, 0.717) is 48.3 Å². The van der Waals surface area contributed by atoms with Gasteiger partial charge < -0.3 is 120 Å². The average molecular weight is 2130 g/mol. The molecule has 3 radical (unpaired) electrons. The molecule has 5 aliphatic heterocycles. The number of H-pyrrole nitrogens is 5. The Morgan fingerprint density at radius 3 is 0.946 bits per heavy atom. The van der Waals surface area contributed by atoms with Crippen LogP contribution < -0.4 is 84.8 Å². The van der Waals surface area contributed by atoms with Crippen LogP contribution in [0.15, 0.2) is 114 Å². The molecular weight excluding hydrogens is 2010 g/mol. The van der Waals surface area contributed by atoms with Crippen LogP contribution in [0.5, 0.6) is 0 Å². The molecule has 15 heterocycles. The third-order valence-electron chi connectivity index (χ3n) is 22.5. The van der Waals surface area contributed by atoms with E-state index in [-0.39, 0.29) is 144 Å². The Labute approximate surface area is 882 Å². The molecule has 803 valence electrons. The molecule has 0 spiro atoms. The number of aromatic nitrogens is 20. The molecule has 16 N–H and O–H groups in total. The maximum atomic E-state index is 12.6. The number of methoxy groups -OCH3 is 5. The topological polar surface area (TPSA) is 745 Å². The van der Waals surface area contributed by atoms with Crippen LogP contribution in [0.4, 0.5) is 29.7 Å². The number of carbonyl (C=O) groups is 7. The number of carboxylic acids is 1. The maximum Gasteiger partial charge on any atom is 1.00 e. The minimum atomic E-state index is -1.01. The number of carboxylic acid groups (broad SMARTS) is 1. The standard InChI is InChI=1S/C22H27N5O5S.C15H21N5O5.C14H19N5O6.C14H19N5O5.C11H15N5O5.C7H8S.C4H6O3.C2H4O2.B.Na.H/c1-5-15-17(31-13(3)28)18(30-4)21(32-15)27-10-23-16-19(27)25-22(26-20(16)29)24-11-33-14-8-6-12(2)7-9-14;1-5-8-10(24-7(2)21)11(23-4)14(25-8)20-6-17-9-12(20)18-15(16-3)19-13(9)22;1-6(21)24-9-7(4-20)25-13(10(9)23-3)19-5-16-8-11(19)17-14(15-2)18-12(8)22;1-4-7-9(23-6(2)20)10(22-3)13(24-7)19-5-16-8-11(19)17-14(15)18-12(8)21;1-20-7-6(18)4(2-17)21-10(7)16-3-13-5-8(16)14-11(12)15-9(5)19;1-6-2-4-7(8)5-3-6;1-3(5)7-4(2)6;1-2(3)4;;;/h6-10,15,17-18,21H,5,11H2,1-4H3,(H2,24,25,26,29);6,8,10-11,14H,5H2,1-4H3,(H2,16,18,19,22);5,7,9-10,13,20H,4H2,1-3H3,(H2,15,17,18,22);5,7,9-10,13H,4H2,1-3H3,(H3,15,17,18,21);3-4,6-7,10,17-18H,2H2,1H3,(H3,12,14,15,19);2-5,8H,1H3;1-2H3;1H3,(H,3,4);;;/q;;;;;;;;;+1;-1/t15-,17?,18+,21-;8-,10?,11+,14-;2*7-,9?,10+,13-;4-,6?,7+,10-;;;;;;/m11111....../s1. The number of esters is 6. The quantitative estimate of drug-likeness (QED) is 0.00645. The molecule has 60 heteroatoms. The first-order valence-corrected chi connectivity index (χ1v) is 46.8. The number of aromatic amines is 5. The molecule has 56 nitrogen and oxygen atoms in total. The summed E-state index contributed by atoms with van der Waals surface area (Å²) in [5.41, 5.74) is 13.8. The van der Waals surface area contributed by atoms with Gasteiger partial charge in [-0.15, -0.1) is 24.4 Å². The molecule has 5 unspecified atom stereocenters. The summed E-state index contributed by atoms with van der Waals surface area (Å²) in [4.78, 5) is 191. The minimum Gasteiger partial charge on any atom is -1.00 e. The molecule has 5 aliphatic rings. The summed E-state index contributed by atoms with van der Waals surface area (Å²) >= 11 is 5.72. The van der Waals surface area contributed by atoms with Gasteiger partial charge in [-0.2, -0.15) is 24.9 Å². The van der Waals surface area contributed by atoms with Crippen molar-refractivity contribution in [2.24, 2.45) is 0 Å². The van der Waals surface area contributed by atoms with Gasteiger partial charge in [0.1, 0.15) is 48.8 Å². The normalized spacial score (nSPS) is 23.2. The van der Waals surface area contributed by atoms with Crippen LogP contribution in [-0.4, -0.2) is 329 Å². The second-order valence-electron chi connectivity index (χ2n) is 32.7. The van der Waals surface area contributed by atoms with E-state index in [1.165, 1.54) is 129 Å². The summed E-state index contributed by atoms with van der Waals surface area (Å²) in [5.74, 6) is -2.37. The summed E-state index contributed by atoms with van der Waals surface area (Å²) < 4.78 is 90.2. The summed E-state index contributed by atoms with van der Waals surface area (Å²) in [6, 6.07) is 16.2. The Morgan fingerprint density at radius 1 is 0.416 bits per heavy atom. The maximum absolute atomic E-state index is 12.6. The van der Waals surface area contributed by atoms with E-state index in [4.69, 9.17) is 87.7 Å². The number of aliphatic carboxylic acids is 1. The van der Waals surface area contributed by atoms with Crippen LogP contribution in [0, 0.1) is 13.8 Å². The van der Waals surface area contributed by atoms with Gasteiger partial charge in [0.2, 0.25) is 29.7 Å². The van der Waals surface area contributed by atoms with Crippen molar-refractivity contribution in [3.05, 3.63) is 143 Å². The molecule has 0 aliphatic carbocycles. The van der Waals surface area contributed by atoms with E-state index >= 15 is 0 Å². The number of anilines is 5. The monoisotopic (exact) mass is 2130 g/mol. The Bertz CT molecular complexity index is 6680. The van der Waals surface area contributed by atoms with Crippen molar-refractivity contribution in [2.45, 2.75) is 235 Å². The molecule has 0 bridgehead atoms. The number of benzene rings is 2. The molecule has 12 aromatic rings. The largest absolute Gasteiger partial charge is 1.00 e. The smallest absolute Gasteiger partial charge is 1.00 e. The van der Waals surface area contributed by atoms with Crippen molar-refractivity contribution in [3.8, 4) is 0 Å². The number of aliphatic hydroxyl groups excluding tert-OH is 3. The third kappa shape index (κ3) is 30.0. The van der Waals surface area contributed by atoms with E-state index in [1.54, 1.807) is 39.6 Å². The zero-order valence-corrected chi connectivity index (χ0v) is 88.6. The molecular formula is C89H120BN25NaO31S2. The number of thioether (sulfide) groups is 1. The van der Waals surface area contributed by atoms with Gasteiger partial charge >= 0.3 is 65.4 Å². The van der Waals surface area contributed by atoms with Crippen LogP contribution in [0.1, 0.15) is 132 Å². The van der Waals surface area contributed by atoms with Crippen LogP contribution in [0.3, 0.4) is 0 Å². The molecule has 20 atom stereocenters. The molecule has 10 aromatic heterocycles. The number of hydrogen-bond donors (Lipinski definition) is 15. The number of ether oxygens (including phenoxy) is 15. The van der Waals surface area contributed by atoms with Crippen molar-refractivity contribution in [2.75, 3.05) is 96.2 Å². The number of thiol groups is 1. The summed E-state index contributed by atoms with van der Waals surface area (Å²) in [5, 5.41) is 44.9. The minimum absolute atomic E-state index is 0. The first kappa shape index (κ1) is 121. The van der Waals surface area contributed by atoms with Gasteiger partial charge in [0.05, 0.1) is 69.0 Å². The summed E-state index contributed by atoms with van der Waals surface area (Å²) in [6.45, 7) is 17.9. The first-order chi connectivity index (χ1) is 70.1. The van der Waals surface area contributed by atoms with Crippen molar-refractivity contribution in [3.63, 3.8) is 0 Å². The van der Waals surface area contributed by atoms with Gasteiger partial charge in [0.25, 0.3) is 33.8 Å². The van der Waals surface area contributed by atoms with Crippen molar-refractivity contribution in [1.82, 2.24) is 97.6 Å². The Kier molecular flexibility index (Phi) is 45.5. The number of nitrogens with zero attached hydrogens (tertiary/aromatic N) is 15. The van der Waals surface area contributed by atoms with Crippen molar-refractivity contribution in [1.29, 1.82) is 0 Å².